The zero-order valence-electron chi connectivity index (χ0n) is 16.9. The van der Waals surface area contributed by atoms with Crippen LogP contribution in [0.3, 0.4) is 0 Å². The molecule has 1 aliphatic heterocycles. The summed E-state index contributed by atoms with van der Waals surface area (Å²) in [7, 11) is -1.64. The van der Waals surface area contributed by atoms with Gasteiger partial charge >= 0.3 is 0 Å². The molecule has 6 nitrogen and oxygen atoms in total. The Morgan fingerprint density at radius 3 is 2.68 bits per heavy atom. The Bertz CT molecular complexity index is 849. The number of methoxy groups -OCH3 is 1. The highest BCUT2D eigenvalue weighted by molar-refractivity contribution is 7.91. The summed E-state index contributed by atoms with van der Waals surface area (Å²) < 4.78 is 32.4. The molecule has 0 bridgehead atoms. The molecule has 1 aliphatic rings. The maximum Gasteiger partial charge on any atom is 0.228 e. The number of sulfone groups is 1. The second kappa shape index (κ2) is 9.67. The van der Waals surface area contributed by atoms with Gasteiger partial charge in [0.25, 0.3) is 0 Å². The molecule has 0 radical (unpaired) electrons. The van der Waals surface area contributed by atoms with E-state index in [0.717, 1.165) is 37.3 Å². The van der Waals surface area contributed by atoms with Crippen molar-refractivity contribution in [3.63, 3.8) is 0 Å². The largest absolute Gasteiger partial charge is 0.385 e. The van der Waals surface area contributed by atoms with Crippen LogP contribution in [0.4, 0.5) is 0 Å². The molecule has 0 amide bonds. The summed E-state index contributed by atoms with van der Waals surface area (Å²) in [6.07, 6.45) is 6.33. The summed E-state index contributed by atoms with van der Waals surface area (Å²) in [6, 6.07) is 10.4. The van der Waals surface area contributed by atoms with E-state index < -0.39 is 9.84 Å². The highest BCUT2D eigenvalue weighted by atomic mass is 32.2. The van der Waals surface area contributed by atoms with Crippen LogP contribution in [-0.2, 0) is 27.7 Å². The molecule has 1 aromatic heterocycles. The monoisotopic (exact) mass is 405 g/mol. The van der Waals surface area contributed by atoms with Crippen LogP contribution in [0, 0.1) is 0 Å². The maximum atomic E-state index is 12.6. The Kier molecular flexibility index (Phi) is 7.26. The highest BCUT2D eigenvalue weighted by Crippen LogP contribution is 2.24. The third-order valence-corrected chi connectivity index (χ3v) is 7.15. The molecule has 0 aliphatic carbocycles. The average molecular weight is 406 g/mol. The number of imidazole rings is 1. The average Bonchev–Trinajstić information content (AvgIpc) is 3.11. The van der Waals surface area contributed by atoms with Crippen LogP contribution < -0.4 is 0 Å². The number of hydrogen-bond acceptors (Lipinski definition) is 5. The first-order chi connectivity index (χ1) is 13.5. The molecule has 1 fully saturated rings. The van der Waals surface area contributed by atoms with Crippen LogP contribution >= 0.6 is 0 Å². The number of piperidine rings is 1. The molecule has 0 unspecified atom stereocenters. The summed E-state index contributed by atoms with van der Waals surface area (Å²) in [4.78, 5) is 6.79. The third-order valence-electron chi connectivity index (χ3n) is 5.51. The minimum absolute atomic E-state index is 0.0540. The summed E-state index contributed by atoms with van der Waals surface area (Å²) >= 11 is 0. The smallest absolute Gasteiger partial charge is 0.228 e. The Labute approximate surface area is 168 Å². The van der Waals surface area contributed by atoms with Gasteiger partial charge in [-0.25, -0.2) is 13.4 Å². The minimum atomic E-state index is -3.38. The number of rotatable bonds is 9. The number of likely N-dealkylation sites (tertiary alicyclic amines) is 1. The van der Waals surface area contributed by atoms with Gasteiger partial charge in [0.1, 0.15) is 0 Å². The Morgan fingerprint density at radius 2 is 1.96 bits per heavy atom. The maximum absolute atomic E-state index is 12.6. The molecule has 28 heavy (non-hydrogen) atoms. The second-order valence-corrected chi connectivity index (χ2v) is 9.58. The van der Waals surface area contributed by atoms with E-state index in [2.05, 4.69) is 9.88 Å². The van der Waals surface area contributed by atoms with E-state index in [0.29, 0.717) is 19.1 Å². The van der Waals surface area contributed by atoms with Crippen molar-refractivity contribution in [2.24, 2.45) is 0 Å². The topological polar surface area (TPSA) is 64.4 Å². The van der Waals surface area contributed by atoms with Gasteiger partial charge in [0.2, 0.25) is 15.0 Å². The van der Waals surface area contributed by atoms with Gasteiger partial charge in [-0.15, -0.1) is 0 Å². The molecule has 1 aromatic carbocycles. The van der Waals surface area contributed by atoms with E-state index in [4.69, 9.17) is 4.74 Å². The van der Waals surface area contributed by atoms with Gasteiger partial charge in [0.05, 0.1) is 24.2 Å². The molecular weight excluding hydrogens is 374 g/mol. The lowest BCUT2D eigenvalue weighted by Gasteiger charge is -2.35. The van der Waals surface area contributed by atoms with E-state index in [-0.39, 0.29) is 10.9 Å². The van der Waals surface area contributed by atoms with E-state index in [9.17, 15) is 8.42 Å². The van der Waals surface area contributed by atoms with Crippen LogP contribution in [0.15, 0.2) is 41.7 Å². The van der Waals surface area contributed by atoms with Crippen LogP contribution in [0.1, 0.15) is 43.9 Å². The van der Waals surface area contributed by atoms with Gasteiger partial charge in [0.15, 0.2) is 0 Å². The first-order valence-corrected chi connectivity index (χ1v) is 11.7. The molecule has 1 atom stereocenters. The molecule has 1 saturated heterocycles. The third kappa shape index (κ3) is 5.01. The Morgan fingerprint density at radius 1 is 1.18 bits per heavy atom. The molecule has 2 heterocycles. The summed E-state index contributed by atoms with van der Waals surface area (Å²) in [6.45, 7) is 4.68. The SMILES string of the molecule is CCS(=O)(=O)c1ncc(CN2CCCC[C@H]2CCOC)n1Cc1ccccc1. The van der Waals surface area contributed by atoms with Crippen molar-refractivity contribution in [3.05, 3.63) is 47.8 Å². The number of hydrogen-bond donors (Lipinski definition) is 0. The van der Waals surface area contributed by atoms with Gasteiger partial charge in [0, 0.05) is 26.3 Å². The van der Waals surface area contributed by atoms with Gasteiger partial charge in [-0.05, 0) is 31.4 Å². The molecule has 3 rings (SSSR count). The van der Waals surface area contributed by atoms with Crippen LogP contribution in [-0.4, -0.2) is 54.9 Å². The van der Waals surface area contributed by atoms with Crippen molar-refractivity contribution in [2.45, 2.75) is 56.9 Å². The predicted molar refractivity (Wildman–Crippen MR) is 110 cm³/mol. The zero-order valence-corrected chi connectivity index (χ0v) is 17.7. The normalized spacial score (nSPS) is 18.4. The fourth-order valence-electron chi connectivity index (χ4n) is 3.89. The van der Waals surface area contributed by atoms with E-state index in [1.165, 1.54) is 12.8 Å². The minimum Gasteiger partial charge on any atom is -0.385 e. The number of nitrogens with zero attached hydrogens (tertiary/aromatic N) is 3. The van der Waals surface area contributed by atoms with Crippen molar-refractivity contribution >= 4 is 9.84 Å². The van der Waals surface area contributed by atoms with Gasteiger partial charge in [-0.3, -0.25) is 4.90 Å². The predicted octanol–water partition coefficient (Wildman–Crippen LogP) is 3.12. The van der Waals surface area contributed by atoms with Crippen molar-refractivity contribution in [3.8, 4) is 0 Å². The Balaban J connectivity index is 1.89. The molecule has 7 heteroatoms. The van der Waals surface area contributed by atoms with Crippen molar-refractivity contribution < 1.29 is 13.2 Å². The number of ether oxygens (including phenoxy) is 1. The fourth-order valence-corrected chi connectivity index (χ4v) is 4.88. The van der Waals surface area contributed by atoms with Gasteiger partial charge < -0.3 is 9.30 Å². The summed E-state index contributed by atoms with van der Waals surface area (Å²) in [5.74, 6) is 0.0540. The Hall–Kier alpha value is -1.70. The lowest BCUT2D eigenvalue weighted by atomic mass is 9.99. The van der Waals surface area contributed by atoms with Crippen LogP contribution in [0.5, 0.6) is 0 Å². The van der Waals surface area contributed by atoms with E-state index in [1.54, 1.807) is 20.2 Å². The molecule has 2 aromatic rings. The summed E-state index contributed by atoms with van der Waals surface area (Å²) in [5.41, 5.74) is 2.03. The van der Waals surface area contributed by atoms with Gasteiger partial charge in [-0.1, -0.05) is 43.7 Å². The van der Waals surface area contributed by atoms with Gasteiger partial charge in [-0.2, -0.15) is 0 Å². The summed E-state index contributed by atoms with van der Waals surface area (Å²) in [5, 5.41) is 0.180. The number of benzene rings is 1. The zero-order chi connectivity index (χ0) is 20.0. The van der Waals surface area contributed by atoms with Crippen LogP contribution in [0.25, 0.3) is 0 Å². The first-order valence-electron chi connectivity index (χ1n) is 10.1. The van der Waals surface area contributed by atoms with Crippen LogP contribution in [0.2, 0.25) is 0 Å². The standard InChI is InChI=1S/C21H31N3O3S/c1-3-28(25,26)21-22-15-20(24(21)16-18-9-5-4-6-10-18)17-23-13-8-7-11-19(23)12-14-27-2/h4-6,9-10,15,19H,3,7-8,11-14,16-17H2,1-2H3/t19-/m0/s1. The highest BCUT2D eigenvalue weighted by Gasteiger charge is 2.26. The lowest BCUT2D eigenvalue weighted by molar-refractivity contribution is 0.0954. The molecule has 0 spiro atoms. The van der Waals surface area contributed by atoms with Crippen molar-refractivity contribution in [1.29, 1.82) is 0 Å². The van der Waals surface area contributed by atoms with Crippen molar-refractivity contribution in [2.75, 3.05) is 26.0 Å². The molecule has 154 valence electrons. The number of aromatic nitrogens is 2. The molecule has 0 N–H and O–H groups in total. The molecule has 0 saturated carbocycles. The fraction of sp³-hybridized carbons (Fsp3) is 0.571. The van der Waals surface area contributed by atoms with E-state index >= 15 is 0 Å². The quantitative estimate of drug-likeness (QED) is 0.641. The molecular formula is C21H31N3O3S. The first kappa shape index (κ1) is 21.0. The lowest BCUT2D eigenvalue weighted by Crippen LogP contribution is -2.40. The van der Waals surface area contributed by atoms with E-state index in [1.807, 2.05) is 34.9 Å². The second-order valence-electron chi connectivity index (χ2n) is 7.41. The van der Waals surface area contributed by atoms with Crippen molar-refractivity contribution in [1.82, 2.24) is 14.5 Å².